The summed E-state index contributed by atoms with van der Waals surface area (Å²) in [6, 6.07) is 10.4. The maximum atomic E-state index is 12.8. The van der Waals surface area contributed by atoms with Gasteiger partial charge in [0.1, 0.15) is 16.8 Å². The molecule has 0 bridgehead atoms. The van der Waals surface area contributed by atoms with Crippen molar-refractivity contribution in [1.82, 2.24) is 14.8 Å². The molecule has 7 nitrogen and oxygen atoms in total. The molecule has 3 aromatic rings. The van der Waals surface area contributed by atoms with Crippen molar-refractivity contribution in [3.63, 3.8) is 0 Å². The molecule has 188 valence electrons. The van der Waals surface area contributed by atoms with Crippen molar-refractivity contribution in [2.24, 2.45) is 0 Å². The SMILES string of the molecule is C=CCn1c(SCC(=O)Nc2sc3c(c2C#N)CCCC3)nnc1C(C)Oc1ccc(C(C)C)cc1. The van der Waals surface area contributed by atoms with Crippen LogP contribution in [0.15, 0.2) is 42.1 Å². The van der Waals surface area contributed by atoms with Crippen LogP contribution in [0.25, 0.3) is 0 Å². The van der Waals surface area contributed by atoms with Crippen LogP contribution in [0.4, 0.5) is 5.00 Å². The number of benzene rings is 1. The van der Waals surface area contributed by atoms with E-state index >= 15 is 0 Å². The first kappa shape index (κ1) is 26.0. The Balaban J connectivity index is 1.42. The van der Waals surface area contributed by atoms with E-state index < -0.39 is 0 Å². The average molecular weight is 522 g/mol. The van der Waals surface area contributed by atoms with E-state index in [4.69, 9.17) is 4.74 Å². The number of aryl methyl sites for hydroxylation is 1. The number of nitriles is 1. The molecule has 36 heavy (non-hydrogen) atoms. The fourth-order valence-electron chi connectivity index (χ4n) is 4.26. The van der Waals surface area contributed by atoms with Crippen LogP contribution in [-0.4, -0.2) is 26.4 Å². The van der Waals surface area contributed by atoms with E-state index in [9.17, 15) is 10.1 Å². The number of thiophene rings is 1. The summed E-state index contributed by atoms with van der Waals surface area (Å²) in [4.78, 5) is 14.0. The van der Waals surface area contributed by atoms with Crippen LogP contribution in [0, 0.1) is 11.3 Å². The fraction of sp³-hybridized carbons (Fsp3) is 0.407. The number of nitrogens with one attached hydrogen (secondary N) is 1. The van der Waals surface area contributed by atoms with Crippen LogP contribution in [0.5, 0.6) is 5.75 Å². The number of anilines is 1. The molecule has 0 spiro atoms. The standard InChI is InChI=1S/C27H31N5O2S2/c1-5-14-32-25(18(4)34-20-12-10-19(11-13-20)17(2)3)30-31-27(32)35-16-24(33)29-26-22(15-28)21-8-6-7-9-23(21)36-26/h5,10-13,17-18H,1,6-9,14,16H2,2-4H3,(H,29,33). The summed E-state index contributed by atoms with van der Waals surface area (Å²) in [7, 11) is 0. The lowest BCUT2D eigenvalue weighted by Crippen LogP contribution is -2.15. The minimum absolute atomic E-state index is 0.161. The number of aromatic nitrogens is 3. The van der Waals surface area contributed by atoms with Crippen molar-refractivity contribution >= 4 is 34.0 Å². The maximum Gasteiger partial charge on any atom is 0.235 e. The Labute approximate surface area is 220 Å². The molecule has 1 aliphatic rings. The van der Waals surface area contributed by atoms with Gasteiger partial charge in [-0.2, -0.15) is 5.26 Å². The molecule has 0 aliphatic heterocycles. The van der Waals surface area contributed by atoms with E-state index in [1.54, 1.807) is 6.08 Å². The Hall–Kier alpha value is -3.09. The van der Waals surface area contributed by atoms with Crippen molar-refractivity contribution < 1.29 is 9.53 Å². The molecule has 0 fully saturated rings. The second-order valence-electron chi connectivity index (χ2n) is 9.09. The number of allylic oxidation sites excluding steroid dienone is 1. The van der Waals surface area contributed by atoms with Gasteiger partial charge < -0.3 is 10.1 Å². The Kier molecular flexibility index (Phi) is 8.49. The highest BCUT2D eigenvalue weighted by Crippen LogP contribution is 2.37. The van der Waals surface area contributed by atoms with Crippen LogP contribution in [0.1, 0.15) is 73.0 Å². The first-order valence-electron chi connectivity index (χ1n) is 12.2. The summed E-state index contributed by atoms with van der Waals surface area (Å²) in [6.07, 6.45) is 5.56. The molecule has 1 atom stereocenters. The first-order chi connectivity index (χ1) is 17.4. The Morgan fingerprint density at radius 3 is 2.72 bits per heavy atom. The molecular formula is C27H31N5O2S2. The predicted octanol–water partition coefficient (Wildman–Crippen LogP) is 6.27. The van der Waals surface area contributed by atoms with Crippen LogP contribution in [0.3, 0.4) is 0 Å². The van der Waals surface area contributed by atoms with Gasteiger partial charge in [-0.15, -0.1) is 28.1 Å². The maximum absolute atomic E-state index is 12.8. The third kappa shape index (κ3) is 5.82. The first-order valence-corrected chi connectivity index (χ1v) is 14.0. The molecule has 0 saturated heterocycles. The van der Waals surface area contributed by atoms with Gasteiger partial charge in [0.25, 0.3) is 0 Å². The van der Waals surface area contributed by atoms with E-state index in [-0.39, 0.29) is 17.8 Å². The van der Waals surface area contributed by atoms with E-state index in [2.05, 4.69) is 54.1 Å². The molecule has 1 aromatic carbocycles. The quantitative estimate of drug-likeness (QED) is 0.250. The van der Waals surface area contributed by atoms with Crippen molar-refractivity contribution in [2.75, 3.05) is 11.1 Å². The molecular weight excluding hydrogens is 490 g/mol. The third-order valence-electron chi connectivity index (χ3n) is 6.15. The molecule has 9 heteroatoms. The summed E-state index contributed by atoms with van der Waals surface area (Å²) in [5, 5.41) is 22.5. The van der Waals surface area contributed by atoms with Crippen LogP contribution < -0.4 is 10.1 Å². The fourth-order valence-corrected chi connectivity index (χ4v) is 6.27. The van der Waals surface area contributed by atoms with Gasteiger partial charge in [-0.3, -0.25) is 9.36 Å². The van der Waals surface area contributed by atoms with Gasteiger partial charge in [-0.25, -0.2) is 0 Å². The number of hydrogen-bond acceptors (Lipinski definition) is 7. The topological polar surface area (TPSA) is 92.8 Å². The average Bonchev–Trinajstić information content (AvgIpc) is 3.43. The molecule has 1 amide bonds. The molecule has 1 N–H and O–H groups in total. The third-order valence-corrected chi connectivity index (χ3v) is 8.32. The lowest BCUT2D eigenvalue weighted by Gasteiger charge is -2.16. The number of thioether (sulfide) groups is 1. The molecule has 0 saturated carbocycles. The molecule has 2 heterocycles. The number of fused-ring (bicyclic) bond motifs is 1. The number of carbonyl (C=O) groups excluding carboxylic acids is 1. The summed E-state index contributed by atoms with van der Waals surface area (Å²) in [6.45, 7) is 10.6. The van der Waals surface area contributed by atoms with Gasteiger partial charge in [0.05, 0.1) is 11.3 Å². The number of ether oxygens (including phenoxy) is 1. The highest BCUT2D eigenvalue weighted by atomic mass is 32.2. The van der Waals surface area contributed by atoms with E-state index in [1.165, 1.54) is 33.5 Å². The largest absolute Gasteiger partial charge is 0.483 e. The lowest BCUT2D eigenvalue weighted by atomic mass is 9.96. The number of rotatable bonds is 10. The summed E-state index contributed by atoms with van der Waals surface area (Å²) in [5.74, 6) is 1.89. The van der Waals surface area contributed by atoms with Crippen molar-refractivity contribution in [2.45, 2.75) is 70.2 Å². The summed E-state index contributed by atoms with van der Waals surface area (Å²) < 4.78 is 8.05. The highest BCUT2D eigenvalue weighted by Gasteiger charge is 2.23. The number of carbonyl (C=O) groups is 1. The van der Waals surface area contributed by atoms with Gasteiger partial charge in [0.2, 0.25) is 5.91 Å². The predicted molar refractivity (Wildman–Crippen MR) is 145 cm³/mol. The molecule has 0 radical (unpaired) electrons. The number of nitrogens with zero attached hydrogens (tertiary/aromatic N) is 4. The normalized spacial score (nSPS) is 13.6. The minimum atomic E-state index is -0.332. The van der Waals surface area contributed by atoms with E-state index in [0.717, 1.165) is 37.0 Å². The van der Waals surface area contributed by atoms with Gasteiger partial charge in [-0.05, 0) is 61.8 Å². The Morgan fingerprint density at radius 2 is 2.03 bits per heavy atom. The van der Waals surface area contributed by atoms with Gasteiger partial charge >= 0.3 is 0 Å². The summed E-state index contributed by atoms with van der Waals surface area (Å²) in [5.41, 5.74) is 2.99. The van der Waals surface area contributed by atoms with Crippen molar-refractivity contribution in [1.29, 1.82) is 5.26 Å². The zero-order valence-electron chi connectivity index (χ0n) is 20.9. The van der Waals surface area contributed by atoms with E-state index in [0.29, 0.717) is 34.0 Å². The van der Waals surface area contributed by atoms with Crippen molar-refractivity contribution in [3.8, 4) is 11.8 Å². The number of amides is 1. The van der Waals surface area contributed by atoms with Crippen LogP contribution in [-0.2, 0) is 24.2 Å². The van der Waals surface area contributed by atoms with Crippen LogP contribution in [0.2, 0.25) is 0 Å². The molecule has 4 rings (SSSR count). The Morgan fingerprint density at radius 1 is 1.28 bits per heavy atom. The van der Waals surface area contributed by atoms with Gasteiger partial charge in [0.15, 0.2) is 17.1 Å². The van der Waals surface area contributed by atoms with Crippen LogP contribution >= 0.6 is 23.1 Å². The Bertz CT molecular complexity index is 1270. The smallest absolute Gasteiger partial charge is 0.235 e. The highest BCUT2D eigenvalue weighted by molar-refractivity contribution is 7.99. The van der Waals surface area contributed by atoms with Gasteiger partial charge in [-0.1, -0.05) is 43.8 Å². The van der Waals surface area contributed by atoms with E-state index in [1.807, 2.05) is 23.6 Å². The van der Waals surface area contributed by atoms with Crippen molar-refractivity contribution in [3.05, 3.63) is 64.3 Å². The minimum Gasteiger partial charge on any atom is -0.483 e. The number of hydrogen-bond donors (Lipinski definition) is 1. The second-order valence-corrected chi connectivity index (χ2v) is 11.1. The lowest BCUT2D eigenvalue weighted by molar-refractivity contribution is -0.113. The zero-order chi connectivity index (χ0) is 25.7. The second kappa shape index (κ2) is 11.8. The van der Waals surface area contributed by atoms with Gasteiger partial charge in [0, 0.05) is 11.4 Å². The molecule has 1 aliphatic carbocycles. The monoisotopic (exact) mass is 521 g/mol. The summed E-state index contributed by atoms with van der Waals surface area (Å²) >= 11 is 2.84. The molecule has 1 unspecified atom stereocenters. The zero-order valence-corrected chi connectivity index (χ0v) is 22.5. The molecule has 2 aromatic heterocycles.